The maximum atomic E-state index is 12.6. The zero-order valence-corrected chi connectivity index (χ0v) is 12.9. The van der Waals surface area contributed by atoms with Crippen LogP contribution in [-0.4, -0.2) is 10.8 Å². The van der Waals surface area contributed by atoms with E-state index in [0.717, 1.165) is 10.9 Å². The summed E-state index contributed by atoms with van der Waals surface area (Å²) in [7, 11) is 0. The summed E-state index contributed by atoms with van der Waals surface area (Å²) in [5, 5.41) is 1.80. The lowest BCUT2D eigenvalue weighted by atomic mass is 10.0. The molecular weight excluding hydrogens is 331 g/mol. The number of carbonyl (C=O) groups is 1. The van der Waals surface area contributed by atoms with Gasteiger partial charge >= 0.3 is 0 Å². The number of ketones is 1. The van der Waals surface area contributed by atoms with Gasteiger partial charge in [0.05, 0.1) is 15.7 Å². The summed E-state index contributed by atoms with van der Waals surface area (Å²) in [4.78, 5) is 15.7. The van der Waals surface area contributed by atoms with E-state index in [-0.39, 0.29) is 21.5 Å². The molecule has 1 heterocycles. The molecule has 3 N–H and O–H groups in total. The second-order valence-electron chi connectivity index (χ2n) is 4.58. The van der Waals surface area contributed by atoms with E-state index in [2.05, 4.69) is 4.98 Å². The number of anilines is 1. The van der Waals surface area contributed by atoms with Crippen LogP contribution in [0.3, 0.4) is 0 Å². The molecule has 0 spiro atoms. The van der Waals surface area contributed by atoms with Crippen molar-refractivity contribution in [3.05, 3.63) is 62.7 Å². The summed E-state index contributed by atoms with van der Waals surface area (Å²) < 4.78 is 0. The molecule has 0 amide bonds. The van der Waals surface area contributed by atoms with Gasteiger partial charge in [0.2, 0.25) is 0 Å². The zero-order chi connectivity index (χ0) is 15.1. The molecule has 3 nitrogen and oxygen atoms in total. The molecule has 1 aromatic heterocycles. The van der Waals surface area contributed by atoms with Crippen LogP contribution in [0.4, 0.5) is 5.69 Å². The SMILES string of the molecule is Nc1cc(C(=O)c2c[nH]c3ccc(Cl)cc23)cc(Cl)c1Cl. The van der Waals surface area contributed by atoms with Crippen molar-refractivity contribution in [2.24, 2.45) is 0 Å². The third kappa shape index (κ3) is 2.48. The smallest absolute Gasteiger partial charge is 0.195 e. The Morgan fingerprint density at radius 2 is 1.86 bits per heavy atom. The lowest BCUT2D eigenvalue weighted by Gasteiger charge is -2.05. The van der Waals surface area contributed by atoms with Crippen molar-refractivity contribution < 1.29 is 4.79 Å². The van der Waals surface area contributed by atoms with Crippen LogP contribution in [0.5, 0.6) is 0 Å². The molecule has 0 saturated heterocycles. The van der Waals surface area contributed by atoms with E-state index in [1.165, 1.54) is 12.1 Å². The van der Waals surface area contributed by atoms with Crippen LogP contribution in [0, 0.1) is 0 Å². The Hall–Kier alpha value is -1.68. The maximum absolute atomic E-state index is 12.6. The first kappa shape index (κ1) is 14.3. The number of nitrogens with one attached hydrogen (secondary N) is 1. The molecule has 3 rings (SSSR count). The number of rotatable bonds is 2. The molecule has 0 aliphatic carbocycles. The van der Waals surface area contributed by atoms with Gasteiger partial charge in [-0.05, 0) is 30.3 Å². The van der Waals surface area contributed by atoms with Crippen molar-refractivity contribution in [2.75, 3.05) is 5.73 Å². The topological polar surface area (TPSA) is 58.9 Å². The molecule has 21 heavy (non-hydrogen) atoms. The van der Waals surface area contributed by atoms with Crippen molar-refractivity contribution >= 4 is 57.2 Å². The minimum atomic E-state index is -0.200. The van der Waals surface area contributed by atoms with Gasteiger partial charge in [-0.3, -0.25) is 4.79 Å². The normalized spacial score (nSPS) is 11.0. The van der Waals surface area contributed by atoms with E-state index in [1.54, 1.807) is 18.3 Å². The average molecular weight is 340 g/mol. The molecule has 6 heteroatoms. The molecule has 0 bridgehead atoms. The van der Waals surface area contributed by atoms with Gasteiger partial charge in [0.15, 0.2) is 5.78 Å². The number of aromatic amines is 1. The Labute approximate surface area is 135 Å². The number of H-pyrrole nitrogens is 1. The second-order valence-corrected chi connectivity index (χ2v) is 5.80. The van der Waals surface area contributed by atoms with Gasteiger partial charge in [-0.25, -0.2) is 0 Å². The van der Waals surface area contributed by atoms with E-state index in [0.29, 0.717) is 16.1 Å². The summed E-state index contributed by atoms with van der Waals surface area (Å²) in [6.07, 6.45) is 1.64. The van der Waals surface area contributed by atoms with Crippen LogP contribution < -0.4 is 5.73 Å². The number of halogens is 3. The molecule has 0 saturated carbocycles. The number of carbonyl (C=O) groups excluding carboxylic acids is 1. The molecule has 2 aromatic carbocycles. The Kier molecular flexibility index (Phi) is 3.57. The monoisotopic (exact) mass is 338 g/mol. The lowest BCUT2D eigenvalue weighted by molar-refractivity contribution is 0.104. The predicted molar refractivity (Wildman–Crippen MR) is 87.6 cm³/mol. The molecule has 106 valence electrons. The minimum Gasteiger partial charge on any atom is -0.397 e. The second kappa shape index (κ2) is 5.26. The van der Waals surface area contributed by atoms with E-state index in [1.807, 2.05) is 6.07 Å². The summed E-state index contributed by atoms with van der Waals surface area (Å²) in [6, 6.07) is 8.33. The van der Waals surface area contributed by atoms with Crippen LogP contribution in [0.1, 0.15) is 15.9 Å². The molecule has 0 atom stereocenters. The Bertz CT molecular complexity index is 847. The van der Waals surface area contributed by atoms with Crippen molar-refractivity contribution in [2.45, 2.75) is 0 Å². The Balaban J connectivity index is 2.15. The van der Waals surface area contributed by atoms with Gasteiger partial charge in [0.25, 0.3) is 0 Å². The van der Waals surface area contributed by atoms with Crippen molar-refractivity contribution in [1.82, 2.24) is 4.98 Å². The van der Waals surface area contributed by atoms with E-state index in [9.17, 15) is 4.79 Å². The van der Waals surface area contributed by atoms with Gasteiger partial charge in [0, 0.05) is 33.2 Å². The highest BCUT2D eigenvalue weighted by molar-refractivity contribution is 6.44. The fourth-order valence-corrected chi connectivity index (χ4v) is 2.69. The number of hydrogen-bond acceptors (Lipinski definition) is 2. The van der Waals surface area contributed by atoms with Crippen LogP contribution in [0.2, 0.25) is 15.1 Å². The van der Waals surface area contributed by atoms with Gasteiger partial charge in [-0.15, -0.1) is 0 Å². The van der Waals surface area contributed by atoms with Gasteiger partial charge in [-0.1, -0.05) is 34.8 Å². The largest absolute Gasteiger partial charge is 0.397 e. The Morgan fingerprint density at radius 3 is 2.57 bits per heavy atom. The van der Waals surface area contributed by atoms with Crippen molar-refractivity contribution in [1.29, 1.82) is 0 Å². The number of benzene rings is 2. The van der Waals surface area contributed by atoms with Gasteiger partial charge in [0.1, 0.15) is 0 Å². The number of nitrogens with two attached hydrogens (primary N) is 1. The fraction of sp³-hybridized carbons (Fsp3) is 0. The average Bonchev–Trinajstić information content (AvgIpc) is 2.86. The number of hydrogen-bond donors (Lipinski definition) is 2. The van der Waals surface area contributed by atoms with Crippen LogP contribution >= 0.6 is 34.8 Å². The molecule has 0 fully saturated rings. The van der Waals surface area contributed by atoms with Gasteiger partial charge in [-0.2, -0.15) is 0 Å². The van der Waals surface area contributed by atoms with Crippen LogP contribution in [-0.2, 0) is 0 Å². The molecule has 0 aliphatic heterocycles. The first-order valence-corrected chi connectivity index (χ1v) is 7.16. The standard InChI is InChI=1S/C15H9Cl3N2O/c16-8-1-2-13-9(5-8)10(6-20-13)15(21)7-3-11(17)14(18)12(19)4-7/h1-6,20H,19H2. The lowest BCUT2D eigenvalue weighted by Crippen LogP contribution is -2.02. The number of nitrogen functional groups attached to an aromatic ring is 1. The van der Waals surface area contributed by atoms with Crippen molar-refractivity contribution in [3.63, 3.8) is 0 Å². The molecular formula is C15H9Cl3N2O. The van der Waals surface area contributed by atoms with E-state index >= 15 is 0 Å². The minimum absolute atomic E-state index is 0.200. The third-order valence-corrected chi connectivity index (χ3v) is 4.26. The third-order valence-electron chi connectivity index (χ3n) is 3.21. The maximum Gasteiger partial charge on any atom is 0.195 e. The number of fused-ring (bicyclic) bond motifs is 1. The molecule has 0 radical (unpaired) electrons. The highest BCUT2D eigenvalue weighted by Crippen LogP contribution is 2.31. The number of aromatic nitrogens is 1. The van der Waals surface area contributed by atoms with Crippen molar-refractivity contribution in [3.8, 4) is 0 Å². The highest BCUT2D eigenvalue weighted by atomic mass is 35.5. The fourth-order valence-electron chi connectivity index (χ4n) is 2.18. The first-order valence-electron chi connectivity index (χ1n) is 6.03. The zero-order valence-electron chi connectivity index (χ0n) is 10.6. The van der Waals surface area contributed by atoms with Crippen LogP contribution in [0.15, 0.2) is 36.5 Å². The van der Waals surface area contributed by atoms with E-state index in [4.69, 9.17) is 40.5 Å². The molecule has 3 aromatic rings. The van der Waals surface area contributed by atoms with E-state index < -0.39 is 0 Å². The summed E-state index contributed by atoms with van der Waals surface area (Å²) in [6.45, 7) is 0. The summed E-state index contributed by atoms with van der Waals surface area (Å²) >= 11 is 17.9. The molecule has 0 unspecified atom stereocenters. The van der Waals surface area contributed by atoms with Crippen LogP contribution in [0.25, 0.3) is 10.9 Å². The quantitative estimate of drug-likeness (QED) is 0.513. The highest BCUT2D eigenvalue weighted by Gasteiger charge is 2.17. The Morgan fingerprint density at radius 1 is 1.10 bits per heavy atom. The first-order chi connectivity index (χ1) is 9.97. The summed E-state index contributed by atoms with van der Waals surface area (Å²) in [5.41, 5.74) is 7.73. The summed E-state index contributed by atoms with van der Waals surface area (Å²) in [5.74, 6) is -0.200. The van der Waals surface area contributed by atoms with Gasteiger partial charge < -0.3 is 10.7 Å². The molecule has 0 aliphatic rings. The predicted octanol–water partition coefficient (Wildman–Crippen LogP) is 4.94.